The van der Waals surface area contributed by atoms with Gasteiger partial charge in [-0.25, -0.2) is 4.79 Å². The van der Waals surface area contributed by atoms with Crippen LogP contribution in [0.3, 0.4) is 0 Å². The lowest BCUT2D eigenvalue weighted by atomic mass is 9.79. The van der Waals surface area contributed by atoms with Gasteiger partial charge in [-0.1, -0.05) is 31.1 Å². The van der Waals surface area contributed by atoms with E-state index in [-0.39, 0.29) is 0 Å². The first-order valence-corrected chi connectivity index (χ1v) is 7.76. The second kappa shape index (κ2) is 5.21. The monoisotopic (exact) mass is 285 g/mol. The Kier molecular flexibility index (Phi) is 3.52. The number of carboxylic acids is 1. The van der Waals surface area contributed by atoms with E-state index in [0.29, 0.717) is 23.4 Å². The maximum atomic E-state index is 11.2. The molecule has 2 unspecified atom stereocenters. The summed E-state index contributed by atoms with van der Waals surface area (Å²) in [4.78, 5) is 13.5. The zero-order valence-electron chi connectivity index (χ0n) is 12.8. The first-order valence-electron chi connectivity index (χ1n) is 7.76. The molecule has 0 amide bonds. The van der Waals surface area contributed by atoms with Gasteiger partial charge in [-0.2, -0.15) is 0 Å². The van der Waals surface area contributed by atoms with Gasteiger partial charge in [0.15, 0.2) is 0 Å². The van der Waals surface area contributed by atoms with Crippen LogP contribution in [0, 0.1) is 5.92 Å². The summed E-state index contributed by atoms with van der Waals surface area (Å²) >= 11 is 0. The van der Waals surface area contributed by atoms with Crippen LogP contribution >= 0.6 is 0 Å². The molecule has 1 aliphatic heterocycles. The number of hydrogen-bond donors (Lipinski definition) is 1. The Morgan fingerprint density at radius 1 is 1.33 bits per heavy atom. The average molecular weight is 285 g/mol. The number of benzene rings is 1. The van der Waals surface area contributed by atoms with E-state index < -0.39 is 5.97 Å². The second-order valence-electron chi connectivity index (χ2n) is 6.55. The van der Waals surface area contributed by atoms with E-state index in [0.717, 1.165) is 5.69 Å². The summed E-state index contributed by atoms with van der Waals surface area (Å²) < 4.78 is 0. The SMILES string of the molecule is C=C(C)C1C(C2CCCC2)c2ccc(C(=O)O)cc2N1C. The minimum atomic E-state index is -0.859. The molecule has 1 fully saturated rings. The van der Waals surface area contributed by atoms with Gasteiger partial charge in [-0.15, -0.1) is 0 Å². The van der Waals surface area contributed by atoms with Crippen molar-refractivity contribution in [1.82, 2.24) is 0 Å². The number of rotatable bonds is 3. The van der Waals surface area contributed by atoms with Gasteiger partial charge in [0.2, 0.25) is 0 Å². The van der Waals surface area contributed by atoms with Crippen molar-refractivity contribution in [3.63, 3.8) is 0 Å². The fraction of sp³-hybridized carbons (Fsp3) is 0.500. The van der Waals surface area contributed by atoms with Crippen molar-refractivity contribution in [2.45, 2.75) is 44.6 Å². The summed E-state index contributed by atoms with van der Waals surface area (Å²) in [6, 6.07) is 5.90. The zero-order valence-corrected chi connectivity index (χ0v) is 12.8. The number of fused-ring (bicyclic) bond motifs is 1. The molecule has 1 saturated carbocycles. The molecule has 2 aliphatic rings. The Labute approximate surface area is 126 Å². The van der Waals surface area contributed by atoms with Crippen LogP contribution in [0.1, 0.15) is 54.4 Å². The minimum Gasteiger partial charge on any atom is -0.478 e. The van der Waals surface area contributed by atoms with Crippen molar-refractivity contribution in [1.29, 1.82) is 0 Å². The molecule has 0 radical (unpaired) electrons. The Balaban J connectivity index is 2.07. The number of carboxylic acid groups (broad SMARTS) is 1. The van der Waals surface area contributed by atoms with Crippen LogP contribution in [0.15, 0.2) is 30.4 Å². The first-order chi connectivity index (χ1) is 10.0. The molecule has 1 aliphatic carbocycles. The number of hydrogen-bond acceptors (Lipinski definition) is 2. The molecule has 0 spiro atoms. The van der Waals surface area contributed by atoms with E-state index in [1.165, 1.54) is 36.8 Å². The Morgan fingerprint density at radius 2 is 2.00 bits per heavy atom. The molecule has 21 heavy (non-hydrogen) atoms. The quantitative estimate of drug-likeness (QED) is 0.852. The van der Waals surface area contributed by atoms with Crippen molar-refractivity contribution in [3.05, 3.63) is 41.5 Å². The molecule has 0 aromatic heterocycles. The second-order valence-corrected chi connectivity index (χ2v) is 6.55. The Bertz CT molecular complexity index is 587. The van der Waals surface area contributed by atoms with Crippen molar-refractivity contribution >= 4 is 11.7 Å². The molecule has 1 N–H and O–H groups in total. The molecule has 1 aromatic rings. The van der Waals surface area contributed by atoms with Gasteiger partial charge in [0.05, 0.1) is 11.6 Å². The summed E-state index contributed by atoms with van der Waals surface area (Å²) in [6.07, 6.45) is 5.19. The molecule has 2 atom stereocenters. The molecule has 1 aromatic carbocycles. The Morgan fingerprint density at radius 3 is 2.57 bits per heavy atom. The highest BCUT2D eigenvalue weighted by Crippen LogP contribution is 2.50. The van der Waals surface area contributed by atoms with Crippen LogP contribution < -0.4 is 4.90 Å². The molecule has 3 nitrogen and oxygen atoms in total. The minimum absolute atomic E-state index is 0.298. The van der Waals surface area contributed by atoms with Crippen molar-refractivity contribution < 1.29 is 9.90 Å². The van der Waals surface area contributed by atoms with Gasteiger partial charge in [0.1, 0.15) is 0 Å². The van der Waals surface area contributed by atoms with Gasteiger partial charge >= 0.3 is 5.97 Å². The molecule has 112 valence electrons. The lowest BCUT2D eigenvalue weighted by Crippen LogP contribution is -2.33. The zero-order chi connectivity index (χ0) is 15.1. The molecular weight excluding hydrogens is 262 g/mol. The third-order valence-corrected chi connectivity index (χ3v) is 5.19. The van der Waals surface area contributed by atoms with Crippen LogP contribution in [-0.4, -0.2) is 24.2 Å². The molecule has 3 heteroatoms. The standard InChI is InChI=1S/C18H23NO2/c1-11(2)17-16(12-6-4-5-7-12)14-9-8-13(18(20)21)10-15(14)19(17)3/h8-10,12,16-17H,1,4-7H2,2-3H3,(H,20,21). The number of aromatic carboxylic acids is 1. The largest absolute Gasteiger partial charge is 0.478 e. The highest BCUT2D eigenvalue weighted by Gasteiger charge is 2.42. The lowest BCUT2D eigenvalue weighted by Gasteiger charge is -2.31. The molecule has 0 bridgehead atoms. The van der Waals surface area contributed by atoms with Crippen molar-refractivity contribution in [2.24, 2.45) is 5.92 Å². The highest BCUT2D eigenvalue weighted by atomic mass is 16.4. The predicted octanol–water partition coefficient (Wildman–Crippen LogP) is 4.05. The van der Waals surface area contributed by atoms with Gasteiger partial charge in [0.25, 0.3) is 0 Å². The van der Waals surface area contributed by atoms with E-state index in [1.807, 2.05) is 12.1 Å². The maximum absolute atomic E-state index is 11.2. The van der Waals surface area contributed by atoms with Gasteiger partial charge in [-0.3, -0.25) is 0 Å². The van der Waals surface area contributed by atoms with Crippen LogP contribution in [0.2, 0.25) is 0 Å². The van der Waals surface area contributed by atoms with E-state index in [2.05, 4.69) is 25.5 Å². The van der Waals surface area contributed by atoms with E-state index >= 15 is 0 Å². The van der Waals surface area contributed by atoms with Gasteiger partial charge < -0.3 is 10.0 Å². The normalized spacial score (nSPS) is 25.1. The third kappa shape index (κ3) is 2.25. The topological polar surface area (TPSA) is 40.5 Å². The van der Waals surface area contributed by atoms with E-state index in [9.17, 15) is 9.90 Å². The Hall–Kier alpha value is -1.77. The molecule has 3 rings (SSSR count). The van der Waals surface area contributed by atoms with E-state index in [4.69, 9.17) is 0 Å². The summed E-state index contributed by atoms with van der Waals surface area (Å²) in [5.74, 6) is 0.307. The summed E-state index contributed by atoms with van der Waals surface area (Å²) in [5, 5.41) is 9.22. The summed E-state index contributed by atoms with van der Waals surface area (Å²) in [7, 11) is 2.07. The van der Waals surface area contributed by atoms with Crippen LogP contribution in [-0.2, 0) is 0 Å². The molecule has 0 saturated heterocycles. The fourth-order valence-electron chi connectivity index (χ4n) is 4.29. The van der Waals surface area contributed by atoms with Gasteiger partial charge in [0, 0.05) is 18.7 Å². The fourth-order valence-corrected chi connectivity index (χ4v) is 4.29. The summed E-state index contributed by atoms with van der Waals surface area (Å²) in [6.45, 7) is 6.28. The van der Waals surface area contributed by atoms with E-state index in [1.54, 1.807) is 6.07 Å². The maximum Gasteiger partial charge on any atom is 0.335 e. The van der Waals surface area contributed by atoms with Gasteiger partial charge in [-0.05, 0) is 43.4 Å². The molecule has 1 heterocycles. The van der Waals surface area contributed by atoms with Crippen molar-refractivity contribution in [2.75, 3.05) is 11.9 Å². The average Bonchev–Trinajstić information content (AvgIpc) is 3.04. The van der Waals surface area contributed by atoms with Crippen LogP contribution in [0.5, 0.6) is 0 Å². The third-order valence-electron chi connectivity index (χ3n) is 5.19. The number of nitrogens with zero attached hydrogens (tertiary/aromatic N) is 1. The van der Waals surface area contributed by atoms with Crippen LogP contribution in [0.25, 0.3) is 0 Å². The number of carbonyl (C=O) groups is 1. The van der Waals surface area contributed by atoms with Crippen LogP contribution in [0.4, 0.5) is 5.69 Å². The highest BCUT2D eigenvalue weighted by molar-refractivity contribution is 5.89. The number of anilines is 1. The predicted molar refractivity (Wildman–Crippen MR) is 85.1 cm³/mol. The lowest BCUT2D eigenvalue weighted by molar-refractivity contribution is 0.0697. The summed E-state index contributed by atoms with van der Waals surface area (Å²) in [5.41, 5.74) is 3.91. The van der Waals surface area contributed by atoms with Crippen molar-refractivity contribution in [3.8, 4) is 0 Å². The first kappa shape index (κ1) is 14.2. The number of likely N-dealkylation sites (N-methyl/N-ethyl adjacent to an activating group) is 1. The molecular formula is C18H23NO2. The smallest absolute Gasteiger partial charge is 0.335 e.